The van der Waals surface area contributed by atoms with Crippen molar-refractivity contribution in [3.8, 4) is 0 Å². The Hall–Kier alpha value is -1.80. The highest BCUT2D eigenvalue weighted by Gasteiger charge is 2.58. The maximum absolute atomic E-state index is 8.86. The Kier molecular flexibility index (Phi) is 4.32. The molecule has 0 bridgehead atoms. The molecule has 1 heterocycles. The molecule has 28 heavy (non-hydrogen) atoms. The predicted molar refractivity (Wildman–Crippen MR) is 112 cm³/mol. The summed E-state index contributed by atoms with van der Waals surface area (Å²) in [5.74, 6) is 3.23. The summed E-state index contributed by atoms with van der Waals surface area (Å²) in [6, 6.07) is 4.56. The first kappa shape index (κ1) is 18.2. The number of pyridine rings is 1. The standard InChI is InChI=1S/C24H32N4/c1-23-11-9-18(27-28-25)14-17(23)5-6-19-21-8-7-20(16-4-3-13-26-15-16)24(21,2)12-10-22(19)23/h3-4,7,13,15,17-19,21-22H,5-6,8-12,14H2,1-2H3/t17?,18?,19-,21-,22-,23-,24+/m0/s1. The van der Waals surface area contributed by atoms with Crippen LogP contribution in [0, 0.1) is 34.5 Å². The third-order valence-corrected chi connectivity index (χ3v) is 9.41. The summed E-state index contributed by atoms with van der Waals surface area (Å²) in [6.45, 7) is 5.11. The molecule has 4 heteroatoms. The molecule has 2 unspecified atom stereocenters. The summed E-state index contributed by atoms with van der Waals surface area (Å²) >= 11 is 0. The first-order valence-corrected chi connectivity index (χ1v) is 11.2. The zero-order valence-corrected chi connectivity index (χ0v) is 17.2. The quantitative estimate of drug-likeness (QED) is 0.318. The molecule has 1 aromatic heterocycles. The molecule has 0 spiro atoms. The van der Waals surface area contributed by atoms with Crippen LogP contribution in [0.4, 0.5) is 0 Å². The van der Waals surface area contributed by atoms with Crippen molar-refractivity contribution in [2.24, 2.45) is 39.6 Å². The number of hydrogen-bond acceptors (Lipinski definition) is 2. The fraction of sp³-hybridized carbons (Fsp3) is 0.708. The van der Waals surface area contributed by atoms with E-state index in [4.69, 9.17) is 5.53 Å². The molecule has 148 valence electrons. The first-order chi connectivity index (χ1) is 13.6. The molecule has 1 aromatic rings. The highest BCUT2D eigenvalue weighted by molar-refractivity contribution is 5.72. The van der Waals surface area contributed by atoms with Crippen molar-refractivity contribution < 1.29 is 0 Å². The zero-order valence-electron chi connectivity index (χ0n) is 17.2. The Morgan fingerprint density at radius 1 is 1.14 bits per heavy atom. The third kappa shape index (κ3) is 2.57. The summed E-state index contributed by atoms with van der Waals surface area (Å²) < 4.78 is 0. The highest BCUT2D eigenvalue weighted by atomic mass is 15.1. The molecule has 0 aliphatic heterocycles. The van der Waals surface area contributed by atoms with E-state index in [1.165, 1.54) is 44.1 Å². The van der Waals surface area contributed by atoms with Crippen LogP contribution in [0.1, 0.15) is 70.8 Å². The van der Waals surface area contributed by atoms with Gasteiger partial charge in [0.25, 0.3) is 0 Å². The molecule has 0 aromatic carbocycles. The summed E-state index contributed by atoms with van der Waals surface area (Å²) in [5.41, 5.74) is 12.5. The zero-order chi connectivity index (χ0) is 19.4. The lowest BCUT2D eigenvalue weighted by atomic mass is 9.44. The van der Waals surface area contributed by atoms with Crippen LogP contribution in [0.3, 0.4) is 0 Å². The van der Waals surface area contributed by atoms with Gasteiger partial charge in [0, 0.05) is 23.3 Å². The summed E-state index contributed by atoms with van der Waals surface area (Å²) in [5, 5.41) is 4.08. The van der Waals surface area contributed by atoms with Gasteiger partial charge < -0.3 is 0 Å². The van der Waals surface area contributed by atoms with Gasteiger partial charge in [-0.05, 0) is 109 Å². The lowest BCUT2D eigenvalue weighted by Gasteiger charge is -2.60. The van der Waals surface area contributed by atoms with Crippen LogP contribution in [0.5, 0.6) is 0 Å². The minimum absolute atomic E-state index is 0.235. The van der Waals surface area contributed by atoms with Gasteiger partial charge in [-0.1, -0.05) is 31.1 Å². The van der Waals surface area contributed by atoms with Gasteiger partial charge in [-0.3, -0.25) is 4.98 Å². The predicted octanol–water partition coefficient (Wildman–Crippen LogP) is 6.80. The second-order valence-corrected chi connectivity index (χ2v) is 10.3. The van der Waals surface area contributed by atoms with Crippen LogP contribution in [0.15, 0.2) is 35.7 Å². The Labute approximate surface area is 168 Å². The highest BCUT2D eigenvalue weighted by Crippen LogP contribution is 2.67. The van der Waals surface area contributed by atoms with Gasteiger partial charge in [0.15, 0.2) is 0 Å². The maximum Gasteiger partial charge on any atom is 0.0377 e. The number of hydrogen-bond donors (Lipinski definition) is 0. The van der Waals surface area contributed by atoms with E-state index in [2.05, 4.69) is 53.3 Å². The van der Waals surface area contributed by atoms with E-state index >= 15 is 0 Å². The molecule has 0 amide bonds. The number of aromatic nitrogens is 1. The van der Waals surface area contributed by atoms with Gasteiger partial charge in [-0.25, -0.2) is 0 Å². The van der Waals surface area contributed by atoms with Gasteiger partial charge in [-0.15, -0.1) is 0 Å². The van der Waals surface area contributed by atoms with Crippen molar-refractivity contribution in [2.75, 3.05) is 0 Å². The molecule has 7 atom stereocenters. The van der Waals surface area contributed by atoms with Gasteiger partial charge in [0.1, 0.15) is 0 Å². The van der Waals surface area contributed by atoms with Crippen molar-refractivity contribution >= 4 is 5.57 Å². The Morgan fingerprint density at radius 2 is 2.04 bits per heavy atom. The van der Waals surface area contributed by atoms with Crippen LogP contribution in [-0.2, 0) is 0 Å². The molecule has 5 rings (SSSR count). The van der Waals surface area contributed by atoms with Crippen molar-refractivity contribution in [3.63, 3.8) is 0 Å². The van der Waals surface area contributed by atoms with Gasteiger partial charge >= 0.3 is 0 Å². The van der Waals surface area contributed by atoms with Crippen LogP contribution >= 0.6 is 0 Å². The van der Waals surface area contributed by atoms with Gasteiger partial charge in [-0.2, -0.15) is 0 Å². The molecule has 4 aliphatic rings. The molecule has 4 aliphatic carbocycles. The average Bonchev–Trinajstić information content (AvgIpc) is 3.06. The topological polar surface area (TPSA) is 61.7 Å². The minimum atomic E-state index is 0.235. The van der Waals surface area contributed by atoms with Gasteiger partial charge in [0.2, 0.25) is 0 Å². The fourth-order valence-electron chi connectivity index (χ4n) is 7.95. The van der Waals surface area contributed by atoms with Crippen LogP contribution in [0.2, 0.25) is 0 Å². The molecule has 0 N–H and O–H groups in total. The number of nitrogens with zero attached hydrogens (tertiary/aromatic N) is 4. The SMILES string of the molecule is C[C@]12CCC(N=[N+]=[N-])CC1CC[C@@H]1[C@@H]2CC[C@]2(C)C(c3cccnc3)=CC[C@@H]12. The summed E-state index contributed by atoms with van der Waals surface area (Å²) in [6.07, 6.45) is 16.5. The van der Waals surface area contributed by atoms with E-state index in [-0.39, 0.29) is 6.04 Å². The van der Waals surface area contributed by atoms with Crippen molar-refractivity contribution in [1.82, 2.24) is 4.98 Å². The molecular weight excluding hydrogens is 344 g/mol. The van der Waals surface area contributed by atoms with E-state index in [9.17, 15) is 0 Å². The van der Waals surface area contributed by atoms with Gasteiger partial charge in [0.05, 0.1) is 0 Å². The third-order valence-electron chi connectivity index (χ3n) is 9.41. The van der Waals surface area contributed by atoms with E-state index in [1.807, 2.05) is 6.20 Å². The first-order valence-electron chi connectivity index (χ1n) is 11.2. The number of allylic oxidation sites excluding steroid dienone is 2. The van der Waals surface area contributed by atoms with Crippen LogP contribution in [0.25, 0.3) is 16.0 Å². The van der Waals surface area contributed by atoms with E-state index < -0.39 is 0 Å². The van der Waals surface area contributed by atoms with Crippen molar-refractivity contribution in [1.29, 1.82) is 0 Å². The summed E-state index contributed by atoms with van der Waals surface area (Å²) in [7, 11) is 0. The lowest BCUT2D eigenvalue weighted by Crippen LogP contribution is -2.53. The lowest BCUT2D eigenvalue weighted by molar-refractivity contribution is -0.0980. The minimum Gasteiger partial charge on any atom is -0.264 e. The fourth-order valence-corrected chi connectivity index (χ4v) is 7.95. The smallest absolute Gasteiger partial charge is 0.0377 e. The molecule has 0 saturated heterocycles. The van der Waals surface area contributed by atoms with E-state index in [0.29, 0.717) is 10.8 Å². The normalized spacial score (nSPS) is 44.5. The summed E-state index contributed by atoms with van der Waals surface area (Å²) in [4.78, 5) is 7.50. The number of rotatable bonds is 2. The molecule has 0 radical (unpaired) electrons. The Balaban J connectivity index is 1.41. The largest absolute Gasteiger partial charge is 0.264 e. The second kappa shape index (κ2) is 6.62. The van der Waals surface area contributed by atoms with E-state index in [1.54, 1.807) is 5.57 Å². The molecular formula is C24H32N4. The number of fused-ring (bicyclic) bond motifs is 5. The average molecular weight is 377 g/mol. The Bertz CT molecular complexity index is 826. The van der Waals surface area contributed by atoms with E-state index in [0.717, 1.165) is 36.5 Å². The molecule has 3 fully saturated rings. The monoisotopic (exact) mass is 376 g/mol. The van der Waals surface area contributed by atoms with Crippen LogP contribution in [-0.4, -0.2) is 11.0 Å². The van der Waals surface area contributed by atoms with Crippen molar-refractivity contribution in [3.05, 3.63) is 46.6 Å². The number of azide groups is 1. The van der Waals surface area contributed by atoms with Crippen LogP contribution < -0.4 is 0 Å². The maximum atomic E-state index is 8.86. The van der Waals surface area contributed by atoms with Crippen molar-refractivity contribution in [2.45, 2.75) is 71.3 Å². The molecule has 3 saturated carbocycles. The molecule has 4 nitrogen and oxygen atoms in total. The second-order valence-electron chi connectivity index (χ2n) is 10.3. The Morgan fingerprint density at radius 3 is 2.82 bits per heavy atom.